The van der Waals surface area contributed by atoms with Crippen LogP contribution in [0.5, 0.6) is 5.75 Å². The van der Waals surface area contributed by atoms with Crippen molar-refractivity contribution in [3.8, 4) is 5.75 Å². The van der Waals surface area contributed by atoms with E-state index in [-0.39, 0.29) is 5.56 Å². The van der Waals surface area contributed by atoms with Gasteiger partial charge in [0, 0.05) is 16.6 Å². The van der Waals surface area contributed by atoms with Crippen LogP contribution in [0, 0.1) is 0 Å². The highest BCUT2D eigenvalue weighted by atomic mass is 16.5. The number of hydrogen-bond donors (Lipinski definition) is 1. The van der Waals surface area contributed by atoms with Crippen LogP contribution in [0.2, 0.25) is 0 Å². The Bertz CT molecular complexity index is 943. The first-order valence-corrected chi connectivity index (χ1v) is 7.20. The number of carbonyl (C=O) groups excluding carboxylic acids is 1. The van der Waals surface area contributed by atoms with E-state index in [1.165, 1.54) is 12.1 Å². The van der Waals surface area contributed by atoms with Crippen LogP contribution < -0.4 is 16.1 Å². The topological polar surface area (TPSA) is 82.5 Å². The van der Waals surface area contributed by atoms with Crippen LogP contribution in [0.25, 0.3) is 11.0 Å². The number of carbonyl (C=O) groups is 1. The van der Waals surface area contributed by atoms with Crippen LogP contribution in [-0.4, -0.2) is 12.4 Å². The third-order valence-corrected chi connectivity index (χ3v) is 3.42. The second-order valence-electron chi connectivity index (χ2n) is 5.01. The zero-order valence-corrected chi connectivity index (χ0v) is 12.5. The molecule has 5 nitrogen and oxygen atoms in total. The standard InChI is InChI=1S/C18H15NO4/c1-2-22-15-8-4-6-12-10-14(18(21)23-17(12)15)16(20)11-5-3-7-13(19)9-11/h3-10H,2,19H2,1H3. The van der Waals surface area contributed by atoms with Crippen LogP contribution >= 0.6 is 0 Å². The van der Waals surface area contributed by atoms with Gasteiger partial charge in [0.25, 0.3) is 0 Å². The lowest BCUT2D eigenvalue weighted by atomic mass is 10.0. The Balaban J connectivity index is 2.14. The highest BCUT2D eigenvalue weighted by Crippen LogP contribution is 2.25. The van der Waals surface area contributed by atoms with Gasteiger partial charge in [0.05, 0.1) is 6.61 Å². The van der Waals surface area contributed by atoms with E-state index in [1.807, 2.05) is 6.92 Å². The van der Waals surface area contributed by atoms with Crippen LogP contribution in [0.1, 0.15) is 22.8 Å². The Hall–Kier alpha value is -3.08. The largest absolute Gasteiger partial charge is 0.490 e. The summed E-state index contributed by atoms with van der Waals surface area (Å²) in [5.74, 6) is 0.0554. The molecular weight excluding hydrogens is 294 g/mol. The summed E-state index contributed by atoms with van der Waals surface area (Å²) in [6.45, 7) is 2.29. The van der Waals surface area contributed by atoms with E-state index >= 15 is 0 Å². The number of hydrogen-bond acceptors (Lipinski definition) is 5. The number of nitrogens with two attached hydrogens (primary N) is 1. The molecule has 116 valence electrons. The lowest BCUT2D eigenvalue weighted by Crippen LogP contribution is -2.15. The number of ketones is 1. The molecule has 0 fully saturated rings. The van der Waals surface area contributed by atoms with Gasteiger partial charge in [-0.2, -0.15) is 0 Å². The third-order valence-electron chi connectivity index (χ3n) is 3.42. The van der Waals surface area contributed by atoms with Crippen LogP contribution in [-0.2, 0) is 0 Å². The van der Waals surface area contributed by atoms with Gasteiger partial charge in [0.15, 0.2) is 17.1 Å². The average Bonchev–Trinajstić information content (AvgIpc) is 2.54. The summed E-state index contributed by atoms with van der Waals surface area (Å²) in [7, 11) is 0. The van der Waals surface area contributed by atoms with Gasteiger partial charge in [-0.1, -0.05) is 24.3 Å². The molecule has 0 saturated carbocycles. The molecule has 0 saturated heterocycles. The second kappa shape index (κ2) is 5.96. The predicted octanol–water partition coefficient (Wildman–Crippen LogP) is 3.00. The fourth-order valence-corrected chi connectivity index (χ4v) is 2.38. The number of ether oxygens (including phenoxy) is 1. The molecule has 3 rings (SSSR count). The SMILES string of the molecule is CCOc1cccc2cc(C(=O)c3cccc(N)c3)c(=O)oc12. The quantitative estimate of drug-likeness (QED) is 0.455. The molecule has 0 aliphatic heterocycles. The first-order chi connectivity index (χ1) is 11.1. The maximum atomic E-state index is 12.5. The van der Waals surface area contributed by atoms with E-state index < -0.39 is 11.4 Å². The molecular formula is C18H15NO4. The van der Waals surface area contributed by atoms with Crippen molar-refractivity contribution in [2.75, 3.05) is 12.3 Å². The summed E-state index contributed by atoms with van der Waals surface area (Å²) in [6, 6.07) is 13.3. The number of fused-ring (bicyclic) bond motifs is 1. The van der Waals surface area contributed by atoms with Crippen LogP contribution in [0.15, 0.2) is 57.7 Å². The van der Waals surface area contributed by atoms with Gasteiger partial charge in [0.1, 0.15) is 5.56 Å². The van der Waals surface area contributed by atoms with Crippen molar-refractivity contribution in [1.82, 2.24) is 0 Å². The highest BCUT2D eigenvalue weighted by Gasteiger charge is 2.17. The zero-order valence-electron chi connectivity index (χ0n) is 12.5. The molecule has 0 aliphatic carbocycles. The molecule has 0 radical (unpaired) electrons. The monoisotopic (exact) mass is 309 g/mol. The number of rotatable bonds is 4. The van der Waals surface area contributed by atoms with Gasteiger partial charge < -0.3 is 14.9 Å². The van der Waals surface area contributed by atoms with Gasteiger partial charge in [0.2, 0.25) is 0 Å². The number of benzene rings is 2. The third kappa shape index (κ3) is 2.81. The molecule has 23 heavy (non-hydrogen) atoms. The molecule has 0 aliphatic rings. The number of para-hydroxylation sites is 1. The van der Waals surface area contributed by atoms with E-state index in [9.17, 15) is 9.59 Å². The fourth-order valence-electron chi connectivity index (χ4n) is 2.38. The van der Waals surface area contributed by atoms with Gasteiger partial charge >= 0.3 is 5.63 Å². The van der Waals surface area contributed by atoms with E-state index in [2.05, 4.69) is 0 Å². The minimum atomic E-state index is -0.697. The first-order valence-electron chi connectivity index (χ1n) is 7.20. The number of anilines is 1. The Morgan fingerprint density at radius 2 is 1.96 bits per heavy atom. The van der Waals surface area contributed by atoms with Crippen LogP contribution in [0.3, 0.4) is 0 Å². The fraction of sp³-hybridized carbons (Fsp3) is 0.111. The van der Waals surface area contributed by atoms with Crippen molar-refractivity contribution in [2.45, 2.75) is 6.92 Å². The molecule has 0 unspecified atom stereocenters. The molecule has 0 bridgehead atoms. The summed E-state index contributed by atoms with van der Waals surface area (Å²) >= 11 is 0. The first kappa shape index (κ1) is 14.8. The Kier molecular flexibility index (Phi) is 3.85. The maximum absolute atomic E-state index is 12.5. The smallest absolute Gasteiger partial charge is 0.347 e. The van der Waals surface area contributed by atoms with E-state index in [4.69, 9.17) is 14.9 Å². The Morgan fingerprint density at radius 3 is 2.70 bits per heavy atom. The molecule has 0 amide bonds. The molecule has 5 heteroatoms. The molecule has 0 spiro atoms. The molecule has 1 heterocycles. The van der Waals surface area contributed by atoms with Crippen molar-refractivity contribution in [3.05, 3.63) is 70.1 Å². The van der Waals surface area contributed by atoms with Crippen molar-refractivity contribution in [2.24, 2.45) is 0 Å². The van der Waals surface area contributed by atoms with E-state index in [1.54, 1.807) is 36.4 Å². The lowest BCUT2D eigenvalue weighted by Gasteiger charge is -2.07. The van der Waals surface area contributed by atoms with Crippen LogP contribution in [0.4, 0.5) is 5.69 Å². The lowest BCUT2D eigenvalue weighted by molar-refractivity contribution is 0.103. The molecule has 1 aromatic heterocycles. The molecule has 2 N–H and O–H groups in total. The molecule has 3 aromatic rings. The minimum Gasteiger partial charge on any atom is -0.490 e. The Morgan fingerprint density at radius 1 is 1.17 bits per heavy atom. The summed E-state index contributed by atoms with van der Waals surface area (Å²) in [6.07, 6.45) is 0. The van der Waals surface area contributed by atoms with Gasteiger partial charge in [-0.05, 0) is 31.2 Å². The summed E-state index contributed by atoms with van der Waals surface area (Å²) in [5.41, 5.74) is 6.10. The van der Waals surface area contributed by atoms with E-state index in [0.717, 1.165) is 0 Å². The van der Waals surface area contributed by atoms with Crippen molar-refractivity contribution >= 4 is 22.4 Å². The summed E-state index contributed by atoms with van der Waals surface area (Å²) in [4.78, 5) is 24.7. The van der Waals surface area contributed by atoms with E-state index in [0.29, 0.717) is 34.6 Å². The predicted molar refractivity (Wildman–Crippen MR) is 87.9 cm³/mol. The highest BCUT2D eigenvalue weighted by molar-refractivity contribution is 6.10. The van der Waals surface area contributed by atoms with Gasteiger partial charge in [-0.3, -0.25) is 4.79 Å². The number of nitrogen functional groups attached to an aromatic ring is 1. The zero-order chi connectivity index (χ0) is 16.4. The van der Waals surface area contributed by atoms with Gasteiger partial charge in [-0.15, -0.1) is 0 Å². The molecule has 2 aromatic carbocycles. The Labute approximate surface area is 132 Å². The second-order valence-corrected chi connectivity index (χ2v) is 5.01. The summed E-state index contributed by atoms with van der Waals surface area (Å²) < 4.78 is 10.8. The van der Waals surface area contributed by atoms with Crippen molar-refractivity contribution in [3.63, 3.8) is 0 Å². The summed E-state index contributed by atoms with van der Waals surface area (Å²) in [5, 5.41) is 0.628. The van der Waals surface area contributed by atoms with Crippen molar-refractivity contribution < 1.29 is 13.9 Å². The normalized spacial score (nSPS) is 10.7. The molecule has 0 atom stereocenters. The average molecular weight is 309 g/mol. The maximum Gasteiger partial charge on any atom is 0.347 e. The van der Waals surface area contributed by atoms with Crippen molar-refractivity contribution in [1.29, 1.82) is 0 Å². The van der Waals surface area contributed by atoms with Gasteiger partial charge in [-0.25, -0.2) is 4.79 Å². The minimum absolute atomic E-state index is 0.0308.